The van der Waals surface area contributed by atoms with Crippen LogP contribution in [0.3, 0.4) is 0 Å². The van der Waals surface area contributed by atoms with E-state index in [0.717, 1.165) is 12.1 Å². The molecule has 0 aliphatic heterocycles. The van der Waals surface area contributed by atoms with E-state index in [0.29, 0.717) is 0 Å². The number of carbonyl (C=O) groups excluding carboxylic acids is 1. The highest BCUT2D eigenvalue weighted by atomic mass is 16.2. The van der Waals surface area contributed by atoms with Gasteiger partial charge < -0.3 is 5.32 Å². The summed E-state index contributed by atoms with van der Waals surface area (Å²) >= 11 is 0. The lowest BCUT2D eigenvalue weighted by atomic mass is 10.7. The zero-order valence-electron chi connectivity index (χ0n) is 5.19. The van der Waals surface area contributed by atoms with E-state index < -0.39 is 0 Å². The average Bonchev–Trinajstić information content (AvgIpc) is 2.50. The van der Waals surface area contributed by atoms with Crippen LogP contribution in [0.25, 0.3) is 0 Å². The fraction of sp³-hybridized carbons (Fsp3) is 0.400. The Morgan fingerprint density at radius 3 is 2.89 bits per heavy atom. The third-order valence-electron chi connectivity index (χ3n) is 0.921. The predicted molar refractivity (Wildman–Crippen MR) is 33.4 cm³/mol. The van der Waals surface area contributed by atoms with Crippen molar-refractivity contribution in [1.82, 2.24) is 16.2 Å². The predicted octanol–water partition coefficient (Wildman–Crippen LogP) is -0.292. The van der Waals surface area contributed by atoms with Crippen LogP contribution in [0.15, 0.2) is 11.8 Å². The Morgan fingerprint density at radius 2 is 2.44 bits per heavy atom. The highest BCUT2D eigenvalue weighted by Gasteiger charge is 2.09. The molecule has 4 heteroatoms. The van der Waals surface area contributed by atoms with E-state index in [2.05, 4.69) is 16.2 Å². The quantitative estimate of drug-likeness (QED) is 0.446. The zero-order valence-corrected chi connectivity index (χ0v) is 5.19. The van der Waals surface area contributed by atoms with Gasteiger partial charge in [-0.15, -0.1) is 0 Å². The van der Waals surface area contributed by atoms with Gasteiger partial charge in [0, 0.05) is 19.2 Å². The van der Waals surface area contributed by atoms with Crippen molar-refractivity contribution >= 4 is 6.03 Å². The molecule has 1 aliphatic carbocycles. The summed E-state index contributed by atoms with van der Waals surface area (Å²) in [6, 6.07) is -0.207. The van der Waals surface area contributed by atoms with Gasteiger partial charge in [0.2, 0.25) is 0 Å². The lowest BCUT2D eigenvalue weighted by Crippen LogP contribution is -2.40. The van der Waals surface area contributed by atoms with Gasteiger partial charge >= 0.3 is 6.03 Å². The maximum Gasteiger partial charge on any atom is 0.333 e. The molecule has 0 saturated heterocycles. The molecule has 0 bridgehead atoms. The zero-order chi connectivity index (χ0) is 6.69. The van der Waals surface area contributed by atoms with Gasteiger partial charge in [-0.1, -0.05) is 6.08 Å². The summed E-state index contributed by atoms with van der Waals surface area (Å²) in [5.41, 5.74) is 5.88. The first kappa shape index (κ1) is 6.10. The largest absolute Gasteiger partial charge is 0.333 e. The average molecular weight is 127 g/mol. The maximum atomic E-state index is 10.6. The Kier molecular flexibility index (Phi) is 1.69. The molecule has 0 unspecified atom stereocenters. The molecule has 0 spiro atoms. The van der Waals surface area contributed by atoms with Gasteiger partial charge in [0.1, 0.15) is 0 Å². The summed E-state index contributed by atoms with van der Waals surface area (Å²) in [6.45, 7) is 0. The van der Waals surface area contributed by atoms with Crippen molar-refractivity contribution in [3.05, 3.63) is 11.8 Å². The molecule has 9 heavy (non-hydrogen) atoms. The smallest absolute Gasteiger partial charge is 0.311 e. The topological polar surface area (TPSA) is 53.2 Å². The number of hydrogen-bond donors (Lipinski definition) is 3. The summed E-state index contributed by atoms with van der Waals surface area (Å²) in [5, 5.41) is 2.60. The monoisotopic (exact) mass is 127 g/mol. The number of hydrogen-bond acceptors (Lipinski definition) is 2. The number of amides is 2. The molecule has 3 N–H and O–H groups in total. The molecule has 4 nitrogen and oxygen atoms in total. The molecule has 2 amide bonds. The van der Waals surface area contributed by atoms with Crippen molar-refractivity contribution in [1.29, 1.82) is 0 Å². The van der Waals surface area contributed by atoms with Crippen LogP contribution >= 0.6 is 0 Å². The number of rotatable bonds is 2. The molecule has 0 saturated carbocycles. The fourth-order valence-corrected chi connectivity index (χ4v) is 0.444. The highest BCUT2D eigenvalue weighted by Crippen LogP contribution is 2.12. The Hall–Kier alpha value is -1.03. The Balaban J connectivity index is 2.10. The van der Waals surface area contributed by atoms with Crippen LogP contribution in [0.1, 0.15) is 6.42 Å². The van der Waals surface area contributed by atoms with Crippen LogP contribution in [0.5, 0.6) is 0 Å². The molecular weight excluding hydrogens is 118 g/mol. The summed E-state index contributed by atoms with van der Waals surface area (Å²) in [7, 11) is 1.64. The number of nitrogens with one attached hydrogen (secondary N) is 3. The van der Waals surface area contributed by atoms with Crippen LogP contribution in [-0.2, 0) is 0 Å². The van der Waals surface area contributed by atoms with Crippen LogP contribution in [0, 0.1) is 0 Å². The van der Waals surface area contributed by atoms with Crippen LogP contribution in [0.2, 0.25) is 0 Å². The molecule has 0 radical (unpaired) electrons. The second-order valence-corrected chi connectivity index (χ2v) is 1.76. The van der Waals surface area contributed by atoms with Crippen LogP contribution in [0.4, 0.5) is 4.79 Å². The molecule has 50 valence electrons. The third-order valence-corrected chi connectivity index (χ3v) is 0.921. The second kappa shape index (κ2) is 2.50. The first-order valence-corrected chi connectivity index (χ1v) is 2.75. The molecular formula is C5H9N3O. The van der Waals surface area contributed by atoms with Gasteiger partial charge in [-0.05, 0) is 0 Å². The Morgan fingerprint density at radius 1 is 1.78 bits per heavy atom. The standard InChI is InChI=1S/C5H9N3O/c1-6-8-5(9)7-4-2-3-4/h2,6H,3H2,1H3,(H2,7,8,9). The minimum absolute atomic E-state index is 0.207. The maximum absolute atomic E-state index is 10.6. The molecule has 0 heterocycles. The molecule has 0 atom stereocenters. The first-order chi connectivity index (χ1) is 4.33. The minimum Gasteiger partial charge on any atom is -0.311 e. The number of allylic oxidation sites excluding steroid dienone is 2. The number of hydrazine groups is 1. The van der Waals surface area contributed by atoms with E-state index in [1.54, 1.807) is 7.05 Å². The van der Waals surface area contributed by atoms with Gasteiger partial charge in [-0.2, -0.15) is 0 Å². The van der Waals surface area contributed by atoms with Crippen LogP contribution < -0.4 is 16.2 Å². The van der Waals surface area contributed by atoms with E-state index in [1.807, 2.05) is 6.08 Å². The van der Waals surface area contributed by atoms with E-state index in [-0.39, 0.29) is 6.03 Å². The SMILES string of the molecule is CNNC(=O)NC1=CC1. The molecule has 1 rings (SSSR count). The summed E-state index contributed by atoms with van der Waals surface area (Å²) in [4.78, 5) is 10.6. The third kappa shape index (κ3) is 2.14. The van der Waals surface area contributed by atoms with Crippen molar-refractivity contribution in [3.63, 3.8) is 0 Å². The van der Waals surface area contributed by atoms with Crippen molar-refractivity contribution < 1.29 is 4.79 Å². The van der Waals surface area contributed by atoms with Crippen molar-refractivity contribution in [2.45, 2.75) is 6.42 Å². The van der Waals surface area contributed by atoms with Crippen molar-refractivity contribution in [2.75, 3.05) is 7.05 Å². The van der Waals surface area contributed by atoms with E-state index >= 15 is 0 Å². The fourth-order valence-electron chi connectivity index (χ4n) is 0.444. The number of urea groups is 1. The van der Waals surface area contributed by atoms with Gasteiger partial charge in [0.25, 0.3) is 0 Å². The second-order valence-electron chi connectivity index (χ2n) is 1.76. The summed E-state index contributed by atoms with van der Waals surface area (Å²) < 4.78 is 0. The Bertz CT molecular complexity index is 152. The van der Waals surface area contributed by atoms with Crippen LogP contribution in [-0.4, -0.2) is 13.1 Å². The number of carbonyl (C=O) groups is 1. The molecule has 0 aromatic heterocycles. The van der Waals surface area contributed by atoms with Crippen molar-refractivity contribution in [2.24, 2.45) is 0 Å². The van der Waals surface area contributed by atoms with Gasteiger partial charge in [-0.25, -0.2) is 10.2 Å². The Labute approximate surface area is 53.3 Å². The first-order valence-electron chi connectivity index (χ1n) is 2.75. The van der Waals surface area contributed by atoms with E-state index in [9.17, 15) is 4.79 Å². The van der Waals surface area contributed by atoms with Crippen molar-refractivity contribution in [3.8, 4) is 0 Å². The minimum atomic E-state index is -0.207. The van der Waals surface area contributed by atoms with Gasteiger partial charge in [0.15, 0.2) is 0 Å². The van der Waals surface area contributed by atoms with E-state index in [4.69, 9.17) is 0 Å². The normalized spacial score (nSPS) is 14.1. The molecule has 0 fully saturated rings. The lowest BCUT2D eigenvalue weighted by Gasteiger charge is -2.00. The molecule has 0 aromatic rings. The molecule has 1 aliphatic rings. The summed E-state index contributed by atoms with van der Waals surface area (Å²) in [6.07, 6.45) is 2.85. The highest BCUT2D eigenvalue weighted by molar-refractivity contribution is 5.76. The van der Waals surface area contributed by atoms with Gasteiger partial charge in [-0.3, -0.25) is 5.43 Å². The van der Waals surface area contributed by atoms with E-state index in [1.165, 1.54) is 0 Å². The summed E-state index contributed by atoms with van der Waals surface area (Å²) in [5.74, 6) is 0. The molecule has 0 aromatic carbocycles. The van der Waals surface area contributed by atoms with Gasteiger partial charge in [0.05, 0.1) is 0 Å². The lowest BCUT2D eigenvalue weighted by molar-refractivity contribution is 0.240.